The van der Waals surface area contributed by atoms with Crippen LogP contribution < -0.4 is 11.1 Å². The summed E-state index contributed by atoms with van der Waals surface area (Å²) in [5.41, 5.74) is 5.86. The van der Waals surface area contributed by atoms with E-state index in [0.717, 1.165) is 12.1 Å². The van der Waals surface area contributed by atoms with Gasteiger partial charge in [-0.15, -0.1) is 0 Å². The van der Waals surface area contributed by atoms with Gasteiger partial charge in [-0.2, -0.15) is 0 Å². The third-order valence-electron chi connectivity index (χ3n) is 1.28. The molecule has 0 atom stereocenters. The number of primary amides is 1. The molecule has 4 heteroatoms. The molecule has 0 aliphatic rings. The van der Waals surface area contributed by atoms with Crippen molar-refractivity contribution in [3.63, 3.8) is 0 Å². The highest BCUT2D eigenvalue weighted by Crippen LogP contribution is 1.87. The van der Waals surface area contributed by atoms with E-state index < -0.39 is 6.03 Å². The van der Waals surface area contributed by atoms with Crippen LogP contribution in [0, 0.1) is 0 Å². The summed E-state index contributed by atoms with van der Waals surface area (Å²) in [6.07, 6.45) is 3.62. The summed E-state index contributed by atoms with van der Waals surface area (Å²) in [5.74, 6) is 0. The predicted molar refractivity (Wildman–Crippen MR) is 54.6 cm³/mol. The Balaban J connectivity index is -0.000000605. The zero-order chi connectivity index (χ0) is 9.40. The maximum atomic E-state index is 10.3. The van der Waals surface area contributed by atoms with Crippen LogP contribution in [0.4, 0.5) is 4.79 Å². The lowest BCUT2D eigenvalue weighted by molar-refractivity contribution is 0.250. The Labute approximate surface area is 75.5 Å². The van der Waals surface area contributed by atoms with E-state index in [1.165, 1.54) is 0 Å². The van der Waals surface area contributed by atoms with Crippen molar-refractivity contribution in [2.45, 2.75) is 13.8 Å². The summed E-state index contributed by atoms with van der Waals surface area (Å²) in [6, 6.07) is -0.515. The van der Waals surface area contributed by atoms with Crippen LogP contribution in [-0.2, 0) is 0 Å². The molecule has 0 saturated carbocycles. The molecule has 0 fully saturated rings. The van der Waals surface area contributed by atoms with Gasteiger partial charge in [0.05, 0.1) is 0 Å². The Bertz CT molecular complexity index is 205. The molecule has 0 aromatic heterocycles. The molecule has 2 amide bonds. The van der Waals surface area contributed by atoms with E-state index in [1.807, 2.05) is 19.9 Å². The van der Waals surface area contributed by atoms with Crippen LogP contribution in [0.3, 0.4) is 0 Å². The molecule has 12 heavy (non-hydrogen) atoms. The first kappa shape index (κ1) is 10.7. The average molecular weight is 173 g/mol. The fraction of sp³-hybridized carbons (Fsp3) is 0.500. The molecule has 0 saturated heterocycles. The second-order valence-corrected chi connectivity index (χ2v) is 2.21. The molecule has 0 bridgehead atoms. The number of nitrogens with zero attached hydrogens (tertiary/aromatic N) is 1. The first-order chi connectivity index (χ1) is 5.70. The zero-order valence-corrected chi connectivity index (χ0v) is 7.50. The molecule has 4 nitrogen and oxygen atoms in total. The molecule has 0 heterocycles. The number of carbonyl (C=O) groups excluding carboxylic acids is 1. The lowest BCUT2D eigenvalue weighted by Gasteiger charge is -2.00. The third-order valence-corrected chi connectivity index (χ3v) is 1.28. The summed E-state index contributed by atoms with van der Waals surface area (Å²) in [4.78, 5) is 14.4. The van der Waals surface area contributed by atoms with Gasteiger partial charge in [-0.3, -0.25) is 4.99 Å². The number of nitrogens with two attached hydrogens (primary N) is 1. The van der Waals surface area contributed by atoms with Gasteiger partial charge in [-0.25, -0.2) is 4.79 Å². The van der Waals surface area contributed by atoms with Gasteiger partial charge in [0, 0.05) is 22.2 Å². The first-order valence-corrected chi connectivity index (χ1v) is 3.89. The summed E-state index contributed by atoms with van der Waals surface area (Å²) >= 11 is 0. The molecule has 0 aliphatic carbocycles. The Kier molecular flexibility index (Phi) is 5.69. The molecular weight excluding hydrogens is 154 g/mol. The van der Waals surface area contributed by atoms with E-state index in [4.69, 9.17) is 5.73 Å². The van der Waals surface area contributed by atoms with Crippen LogP contribution >= 0.6 is 0 Å². The largest absolute Gasteiger partial charge is 0.352 e. The van der Waals surface area contributed by atoms with Crippen LogP contribution in [0.25, 0.3) is 0 Å². The van der Waals surface area contributed by atoms with E-state index in [2.05, 4.69) is 10.3 Å². The summed E-state index contributed by atoms with van der Waals surface area (Å²) < 4.78 is 0. The molecule has 0 aromatic carbocycles. The first-order valence-electron chi connectivity index (χ1n) is 3.89. The SMILES string of the molecule is C/C=C(\C=NCC)CNC(N)=O.[HH].[HH]. The minimum atomic E-state index is -0.515. The van der Waals surface area contributed by atoms with E-state index in [0.29, 0.717) is 6.54 Å². The van der Waals surface area contributed by atoms with Crippen molar-refractivity contribution in [1.29, 1.82) is 0 Å². The fourth-order valence-electron chi connectivity index (χ4n) is 0.620. The Morgan fingerprint density at radius 2 is 2.42 bits per heavy atom. The normalized spacial score (nSPS) is 12.0. The van der Waals surface area contributed by atoms with E-state index >= 15 is 0 Å². The average Bonchev–Trinajstić information content (AvgIpc) is 2.05. The van der Waals surface area contributed by atoms with Crippen molar-refractivity contribution >= 4 is 12.2 Å². The molecule has 0 rings (SSSR count). The van der Waals surface area contributed by atoms with Gasteiger partial charge in [0.2, 0.25) is 0 Å². The molecule has 72 valence electrons. The third kappa shape index (κ3) is 5.46. The lowest BCUT2D eigenvalue weighted by atomic mass is 10.3. The number of carbonyl (C=O) groups is 1. The van der Waals surface area contributed by atoms with Crippen molar-refractivity contribution in [2.24, 2.45) is 10.7 Å². The number of hydrogen-bond acceptors (Lipinski definition) is 2. The smallest absolute Gasteiger partial charge is 0.312 e. The lowest BCUT2D eigenvalue weighted by Crippen LogP contribution is -2.31. The second kappa shape index (κ2) is 6.39. The van der Waals surface area contributed by atoms with Crippen molar-refractivity contribution in [1.82, 2.24) is 5.32 Å². The van der Waals surface area contributed by atoms with Gasteiger partial charge in [-0.05, 0) is 19.4 Å². The van der Waals surface area contributed by atoms with E-state index in [9.17, 15) is 4.79 Å². The number of rotatable bonds is 4. The number of amides is 2. The number of aliphatic imine (C=N–C) groups is 1. The highest BCUT2D eigenvalue weighted by atomic mass is 16.2. The molecule has 0 aliphatic heterocycles. The van der Waals surface area contributed by atoms with Crippen molar-refractivity contribution in [3.8, 4) is 0 Å². The topological polar surface area (TPSA) is 67.5 Å². The molecule has 0 spiro atoms. The zero-order valence-electron chi connectivity index (χ0n) is 7.50. The Morgan fingerprint density at radius 1 is 1.75 bits per heavy atom. The monoisotopic (exact) mass is 173 g/mol. The molecule has 0 aromatic rings. The number of allylic oxidation sites excluding steroid dienone is 1. The number of hydrogen-bond donors (Lipinski definition) is 2. The van der Waals surface area contributed by atoms with Crippen LogP contribution in [0.1, 0.15) is 16.7 Å². The molecule has 0 unspecified atom stereocenters. The maximum absolute atomic E-state index is 10.3. The Morgan fingerprint density at radius 3 is 2.83 bits per heavy atom. The minimum Gasteiger partial charge on any atom is -0.352 e. The standard InChI is InChI=1S/C8H15N3O.2H2/c1-3-7(5-10-4-2)6-11-8(9)12;;/h3,5H,4,6H2,1-2H3,(H3,9,11,12);2*1H/b7-3+,10-5?;;. The van der Waals surface area contributed by atoms with Crippen molar-refractivity contribution in [2.75, 3.05) is 13.1 Å². The van der Waals surface area contributed by atoms with Gasteiger partial charge < -0.3 is 11.1 Å². The molecule has 3 N–H and O–H groups in total. The van der Waals surface area contributed by atoms with E-state index in [1.54, 1.807) is 6.21 Å². The summed E-state index contributed by atoms with van der Waals surface area (Å²) in [6.45, 7) is 5.02. The summed E-state index contributed by atoms with van der Waals surface area (Å²) in [5, 5.41) is 2.48. The minimum absolute atomic E-state index is 0. The highest BCUT2D eigenvalue weighted by Gasteiger charge is 1.93. The van der Waals surface area contributed by atoms with Gasteiger partial charge in [0.1, 0.15) is 0 Å². The number of nitrogens with one attached hydrogen (secondary N) is 1. The van der Waals surface area contributed by atoms with Gasteiger partial charge in [-0.1, -0.05) is 6.08 Å². The number of urea groups is 1. The second-order valence-electron chi connectivity index (χ2n) is 2.21. The fourth-order valence-corrected chi connectivity index (χ4v) is 0.620. The highest BCUT2D eigenvalue weighted by molar-refractivity contribution is 5.81. The van der Waals surface area contributed by atoms with Gasteiger partial charge in [0.25, 0.3) is 0 Å². The van der Waals surface area contributed by atoms with Gasteiger partial charge >= 0.3 is 6.03 Å². The molecule has 0 radical (unpaired) electrons. The van der Waals surface area contributed by atoms with Gasteiger partial charge in [0.15, 0.2) is 0 Å². The van der Waals surface area contributed by atoms with Crippen molar-refractivity contribution < 1.29 is 7.65 Å². The maximum Gasteiger partial charge on any atom is 0.312 e. The van der Waals surface area contributed by atoms with E-state index in [-0.39, 0.29) is 2.85 Å². The van der Waals surface area contributed by atoms with Crippen molar-refractivity contribution in [3.05, 3.63) is 11.6 Å². The van der Waals surface area contributed by atoms with Crippen LogP contribution in [0.2, 0.25) is 0 Å². The van der Waals surface area contributed by atoms with Crippen LogP contribution in [0.5, 0.6) is 0 Å². The predicted octanol–water partition coefficient (Wildman–Crippen LogP) is 1.18. The van der Waals surface area contributed by atoms with Crippen LogP contribution in [0.15, 0.2) is 16.6 Å². The molecular formula is C8H19N3O. The summed E-state index contributed by atoms with van der Waals surface area (Å²) in [7, 11) is 0. The quantitative estimate of drug-likeness (QED) is 0.616. The van der Waals surface area contributed by atoms with Crippen LogP contribution in [-0.4, -0.2) is 25.3 Å². The Hall–Kier alpha value is -1.32.